The summed E-state index contributed by atoms with van der Waals surface area (Å²) in [5.41, 5.74) is 0. The van der Waals surface area contributed by atoms with Crippen LogP contribution in [0.3, 0.4) is 0 Å². The van der Waals surface area contributed by atoms with Crippen molar-refractivity contribution in [3.8, 4) is 0 Å². The summed E-state index contributed by atoms with van der Waals surface area (Å²) in [7, 11) is 0. The number of carbonyl (C=O) groups excluding carboxylic acids is 3. The highest BCUT2D eigenvalue weighted by Crippen LogP contribution is 2.10. The first-order valence-electron chi connectivity index (χ1n) is 23.4. The van der Waals surface area contributed by atoms with Crippen LogP contribution < -0.4 is 0 Å². The highest BCUT2D eigenvalue weighted by Gasteiger charge is 2.19. The van der Waals surface area contributed by atoms with Gasteiger partial charge in [-0.25, -0.2) is 0 Å². The molecule has 0 aromatic heterocycles. The minimum atomic E-state index is -0.842. The highest BCUT2D eigenvalue weighted by molar-refractivity contribution is 5.71. The zero-order valence-corrected chi connectivity index (χ0v) is 37.7. The van der Waals surface area contributed by atoms with E-state index in [1.165, 1.54) is 51.4 Å². The molecule has 0 fully saturated rings. The molecule has 6 heteroatoms. The molecule has 0 saturated heterocycles. The standard InChI is InChI=1S/C53H84O6/c1-4-7-10-13-16-19-22-24-25-26-27-29-31-34-37-40-43-46-52(55)58-49-50(48-57-51(54)45-42-39-36-33-30-21-18-15-12-9-6-3)59-53(56)47-44-41-38-35-32-28-23-20-17-14-11-8-5-2/h7,10,15-16,18-19,21,24-25,27-30,32,34,37-38,41,50H,4-6,8-9,11-14,17,20,22-23,26,31,33,35-36,39-40,42-49H2,1-3H3/b10-7-,18-15-,19-16-,25-24-,29-27-,30-21-,32-28-,37-34-,41-38-. The molecule has 0 heterocycles. The minimum absolute atomic E-state index is 0.135. The molecule has 332 valence electrons. The molecule has 0 amide bonds. The Balaban J connectivity index is 4.59. The van der Waals surface area contributed by atoms with E-state index in [2.05, 4.69) is 124 Å². The Morgan fingerprint density at radius 1 is 0.373 bits per heavy atom. The summed E-state index contributed by atoms with van der Waals surface area (Å²) in [6.45, 7) is 6.30. The number of hydrogen-bond donors (Lipinski definition) is 0. The van der Waals surface area contributed by atoms with E-state index < -0.39 is 12.1 Å². The first-order valence-corrected chi connectivity index (χ1v) is 23.4. The van der Waals surface area contributed by atoms with Crippen LogP contribution in [0.2, 0.25) is 0 Å². The topological polar surface area (TPSA) is 78.9 Å². The molecule has 0 radical (unpaired) electrons. The van der Waals surface area contributed by atoms with Gasteiger partial charge in [0.1, 0.15) is 13.2 Å². The fourth-order valence-corrected chi connectivity index (χ4v) is 5.74. The van der Waals surface area contributed by atoms with Gasteiger partial charge in [0.25, 0.3) is 0 Å². The van der Waals surface area contributed by atoms with Crippen LogP contribution in [0.5, 0.6) is 0 Å². The lowest BCUT2D eigenvalue weighted by Gasteiger charge is -2.18. The van der Waals surface area contributed by atoms with Crippen LogP contribution in [0, 0.1) is 0 Å². The van der Waals surface area contributed by atoms with Gasteiger partial charge in [0.2, 0.25) is 0 Å². The summed E-state index contributed by atoms with van der Waals surface area (Å²) < 4.78 is 16.6. The average Bonchev–Trinajstić information content (AvgIpc) is 3.23. The van der Waals surface area contributed by atoms with Crippen molar-refractivity contribution in [2.24, 2.45) is 0 Å². The van der Waals surface area contributed by atoms with Gasteiger partial charge < -0.3 is 14.2 Å². The third-order valence-electron chi connectivity index (χ3n) is 9.27. The molecular formula is C53H84O6. The summed E-state index contributed by atoms with van der Waals surface area (Å²) in [6.07, 6.45) is 62.3. The summed E-state index contributed by atoms with van der Waals surface area (Å²) >= 11 is 0. The van der Waals surface area contributed by atoms with E-state index in [1.54, 1.807) is 0 Å². The molecule has 1 atom stereocenters. The second kappa shape index (κ2) is 46.8. The van der Waals surface area contributed by atoms with E-state index in [9.17, 15) is 14.4 Å². The lowest BCUT2D eigenvalue weighted by Crippen LogP contribution is -2.30. The van der Waals surface area contributed by atoms with Crippen molar-refractivity contribution >= 4 is 17.9 Å². The third kappa shape index (κ3) is 45.0. The molecule has 6 nitrogen and oxygen atoms in total. The zero-order valence-electron chi connectivity index (χ0n) is 37.7. The molecule has 0 N–H and O–H groups in total. The number of carbonyl (C=O) groups is 3. The lowest BCUT2D eigenvalue weighted by atomic mass is 10.1. The third-order valence-corrected chi connectivity index (χ3v) is 9.27. The van der Waals surface area contributed by atoms with Gasteiger partial charge in [-0.3, -0.25) is 14.4 Å². The predicted octanol–water partition coefficient (Wildman–Crippen LogP) is 15.2. The van der Waals surface area contributed by atoms with Crippen molar-refractivity contribution < 1.29 is 28.6 Å². The molecule has 0 aliphatic heterocycles. The minimum Gasteiger partial charge on any atom is -0.462 e. The van der Waals surface area contributed by atoms with Crippen LogP contribution in [0.1, 0.15) is 188 Å². The van der Waals surface area contributed by atoms with Gasteiger partial charge in [0.15, 0.2) is 6.10 Å². The first-order chi connectivity index (χ1) is 29.0. The zero-order chi connectivity index (χ0) is 43.0. The van der Waals surface area contributed by atoms with Crippen LogP contribution in [0.15, 0.2) is 109 Å². The van der Waals surface area contributed by atoms with Crippen molar-refractivity contribution in [2.45, 2.75) is 194 Å². The van der Waals surface area contributed by atoms with Crippen molar-refractivity contribution in [1.82, 2.24) is 0 Å². The molecule has 1 unspecified atom stereocenters. The fraction of sp³-hybridized carbons (Fsp3) is 0.604. The maximum atomic E-state index is 12.7. The SMILES string of the molecule is CC/C=C\C/C=C\C/C=C\C/C=C\C/C=C\CCCC(=O)OCC(COC(=O)CCCCC/C=C\C=C/CCCC)OC(=O)CC/C=C\C/C=C\CCCCCCCC. The molecule has 0 saturated carbocycles. The van der Waals surface area contributed by atoms with E-state index in [0.717, 1.165) is 83.5 Å². The van der Waals surface area contributed by atoms with E-state index in [0.29, 0.717) is 19.3 Å². The van der Waals surface area contributed by atoms with Crippen LogP contribution >= 0.6 is 0 Å². The predicted molar refractivity (Wildman–Crippen MR) is 251 cm³/mol. The van der Waals surface area contributed by atoms with Crippen molar-refractivity contribution in [2.75, 3.05) is 13.2 Å². The molecule has 0 spiro atoms. The summed E-state index contributed by atoms with van der Waals surface area (Å²) in [4.78, 5) is 37.7. The fourth-order valence-electron chi connectivity index (χ4n) is 5.74. The molecule has 0 aromatic rings. The van der Waals surface area contributed by atoms with Crippen LogP contribution in [-0.4, -0.2) is 37.2 Å². The van der Waals surface area contributed by atoms with Gasteiger partial charge in [0.05, 0.1) is 0 Å². The number of rotatable bonds is 40. The quantitative estimate of drug-likeness (QED) is 0.0201. The van der Waals surface area contributed by atoms with Gasteiger partial charge in [-0.2, -0.15) is 0 Å². The second-order valence-electron chi connectivity index (χ2n) is 14.9. The molecule has 0 aromatic carbocycles. The Morgan fingerprint density at radius 2 is 0.780 bits per heavy atom. The number of hydrogen-bond acceptors (Lipinski definition) is 6. The van der Waals surface area contributed by atoms with Gasteiger partial charge >= 0.3 is 17.9 Å². The van der Waals surface area contributed by atoms with Gasteiger partial charge in [-0.15, -0.1) is 0 Å². The average molecular weight is 817 g/mol. The van der Waals surface area contributed by atoms with E-state index in [-0.39, 0.29) is 38.0 Å². The summed E-state index contributed by atoms with van der Waals surface area (Å²) in [6, 6.07) is 0. The van der Waals surface area contributed by atoms with Gasteiger partial charge in [-0.05, 0) is 96.3 Å². The number of unbranched alkanes of at least 4 members (excludes halogenated alkanes) is 12. The molecule has 0 aliphatic carbocycles. The van der Waals surface area contributed by atoms with E-state index in [1.807, 2.05) is 6.08 Å². The molecule has 0 aliphatic rings. The van der Waals surface area contributed by atoms with E-state index >= 15 is 0 Å². The normalized spacial score (nSPS) is 13.1. The lowest BCUT2D eigenvalue weighted by molar-refractivity contribution is -0.166. The maximum absolute atomic E-state index is 12.7. The van der Waals surface area contributed by atoms with Crippen LogP contribution in [-0.2, 0) is 28.6 Å². The van der Waals surface area contributed by atoms with Crippen LogP contribution in [0.4, 0.5) is 0 Å². The Hall–Kier alpha value is -3.93. The van der Waals surface area contributed by atoms with Crippen molar-refractivity contribution in [1.29, 1.82) is 0 Å². The maximum Gasteiger partial charge on any atom is 0.306 e. The Kier molecular flexibility index (Phi) is 43.6. The van der Waals surface area contributed by atoms with Crippen LogP contribution in [0.25, 0.3) is 0 Å². The monoisotopic (exact) mass is 817 g/mol. The Labute approximate surface area is 361 Å². The second-order valence-corrected chi connectivity index (χ2v) is 14.9. The van der Waals surface area contributed by atoms with Gasteiger partial charge in [-0.1, -0.05) is 182 Å². The Bertz CT molecular complexity index is 1260. The number of esters is 3. The Morgan fingerprint density at radius 3 is 1.32 bits per heavy atom. The van der Waals surface area contributed by atoms with Crippen molar-refractivity contribution in [3.63, 3.8) is 0 Å². The molecule has 0 rings (SSSR count). The summed E-state index contributed by atoms with van der Waals surface area (Å²) in [5.74, 6) is -1.10. The smallest absolute Gasteiger partial charge is 0.306 e. The van der Waals surface area contributed by atoms with Crippen molar-refractivity contribution in [3.05, 3.63) is 109 Å². The van der Waals surface area contributed by atoms with Gasteiger partial charge in [0, 0.05) is 19.3 Å². The summed E-state index contributed by atoms with van der Waals surface area (Å²) in [5, 5.41) is 0. The molecule has 59 heavy (non-hydrogen) atoms. The molecule has 0 bridgehead atoms. The molecular weight excluding hydrogens is 733 g/mol. The number of allylic oxidation sites excluding steroid dienone is 18. The van der Waals surface area contributed by atoms with E-state index in [4.69, 9.17) is 14.2 Å². The first kappa shape index (κ1) is 55.1. The number of ether oxygens (including phenoxy) is 3. The largest absolute Gasteiger partial charge is 0.462 e. The highest BCUT2D eigenvalue weighted by atomic mass is 16.6.